The molecule has 1 saturated heterocycles. The third-order valence-electron chi connectivity index (χ3n) is 6.60. The summed E-state index contributed by atoms with van der Waals surface area (Å²) in [5, 5.41) is 7.25. The first-order valence-corrected chi connectivity index (χ1v) is 11.6. The summed E-state index contributed by atoms with van der Waals surface area (Å²) in [4.78, 5) is 41.4. The van der Waals surface area contributed by atoms with Gasteiger partial charge in [0, 0.05) is 43.8 Å². The van der Waals surface area contributed by atoms with Crippen molar-refractivity contribution in [3.05, 3.63) is 46.0 Å². The van der Waals surface area contributed by atoms with Crippen molar-refractivity contribution in [2.45, 2.75) is 45.6 Å². The van der Waals surface area contributed by atoms with Gasteiger partial charge in [-0.1, -0.05) is 12.8 Å². The van der Waals surface area contributed by atoms with E-state index in [1.807, 2.05) is 13.0 Å². The summed E-state index contributed by atoms with van der Waals surface area (Å²) in [5.74, 6) is 0.798. The molecule has 2 fully saturated rings. The van der Waals surface area contributed by atoms with Crippen LogP contribution in [0.1, 0.15) is 54.7 Å². The van der Waals surface area contributed by atoms with Crippen LogP contribution in [0.25, 0.3) is 11.0 Å². The number of fused-ring (bicyclic) bond motifs is 1. The molecule has 172 valence electrons. The minimum Gasteiger partial charge on any atom is -0.368 e. The second-order valence-corrected chi connectivity index (χ2v) is 8.86. The molecule has 4 heterocycles. The molecule has 3 aromatic rings. The van der Waals surface area contributed by atoms with Gasteiger partial charge < -0.3 is 15.5 Å². The number of hydrogen-bond acceptors (Lipinski definition) is 8. The minimum absolute atomic E-state index is 0.0562. The lowest BCUT2D eigenvalue weighted by Crippen LogP contribution is -2.43. The van der Waals surface area contributed by atoms with E-state index in [1.165, 1.54) is 6.92 Å². The highest BCUT2D eigenvalue weighted by Crippen LogP contribution is 2.31. The molecular formula is C24H29N7O2. The van der Waals surface area contributed by atoms with Gasteiger partial charge in [0.2, 0.25) is 5.95 Å². The highest BCUT2D eigenvalue weighted by molar-refractivity contribution is 5.96. The Bertz CT molecular complexity index is 1260. The lowest BCUT2D eigenvalue weighted by atomic mass is 10.1. The lowest BCUT2D eigenvalue weighted by molar-refractivity contribution is 0.101. The molecule has 1 saturated carbocycles. The predicted octanol–water partition coefficient (Wildman–Crippen LogP) is 2.97. The number of nitrogens with one attached hydrogen (secondary N) is 2. The fourth-order valence-electron chi connectivity index (χ4n) is 4.91. The molecule has 0 radical (unpaired) electrons. The summed E-state index contributed by atoms with van der Waals surface area (Å²) < 4.78 is 1.71. The number of nitrogens with zero attached hydrogens (tertiary/aromatic N) is 5. The number of piperazine rings is 1. The number of Topliss-reactive ketones (excluding diaryl/α,β-unsaturated/α-hetero) is 1. The number of aryl methyl sites for hydroxylation is 1. The van der Waals surface area contributed by atoms with E-state index in [0.29, 0.717) is 22.8 Å². The number of ketones is 1. The normalized spacial score (nSPS) is 17.0. The van der Waals surface area contributed by atoms with Gasteiger partial charge in [-0.25, -0.2) is 9.97 Å². The van der Waals surface area contributed by atoms with Crippen LogP contribution in [0.15, 0.2) is 29.2 Å². The third-order valence-corrected chi connectivity index (χ3v) is 6.60. The van der Waals surface area contributed by atoms with Crippen molar-refractivity contribution >= 4 is 34.3 Å². The Hall–Kier alpha value is -3.33. The van der Waals surface area contributed by atoms with Crippen LogP contribution in [0.4, 0.5) is 17.5 Å². The molecule has 0 bridgehead atoms. The first kappa shape index (κ1) is 21.5. The Balaban J connectivity index is 1.50. The zero-order valence-electron chi connectivity index (χ0n) is 19.1. The van der Waals surface area contributed by atoms with E-state index in [9.17, 15) is 9.59 Å². The molecule has 0 aromatic carbocycles. The van der Waals surface area contributed by atoms with Crippen molar-refractivity contribution in [2.24, 2.45) is 0 Å². The van der Waals surface area contributed by atoms with Gasteiger partial charge in [0.05, 0.1) is 16.9 Å². The first-order chi connectivity index (χ1) is 16.0. The van der Waals surface area contributed by atoms with Crippen LogP contribution in [0, 0.1) is 6.92 Å². The summed E-state index contributed by atoms with van der Waals surface area (Å²) in [7, 11) is 0. The molecule has 2 N–H and O–H groups in total. The predicted molar refractivity (Wildman–Crippen MR) is 129 cm³/mol. The highest BCUT2D eigenvalue weighted by atomic mass is 16.1. The number of carbonyl (C=O) groups excluding carboxylic acids is 1. The average molecular weight is 448 g/mol. The number of aromatic nitrogens is 4. The summed E-state index contributed by atoms with van der Waals surface area (Å²) in [5.41, 5.74) is 2.56. The lowest BCUT2D eigenvalue weighted by Gasteiger charge is -2.30. The first-order valence-electron chi connectivity index (χ1n) is 11.6. The second kappa shape index (κ2) is 8.90. The van der Waals surface area contributed by atoms with Gasteiger partial charge in [-0.15, -0.1) is 0 Å². The molecule has 2 aliphatic rings. The summed E-state index contributed by atoms with van der Waals surface area (Å²) in [6.07, 6.45) is 5.64. The van der Waals surface area contributed by atoms with E-state index in [-0.39, 0.29) is 22.9 Å². The standard InChI is InChI=1S/C24H29N7O2/c1-15-20(30-11-9-25-10-12-30)7-8-21(27-15)28-24-26-14-17-13-19(16(2)32)23(33)31(22(17)29-24)18-5-3-4-6-18/h7-8,13-14,18,25H,3-6,9-12H2,1-2H3,(H,26,27,28,29). The van der Waals surface area contributed by atoms with Crippen molar-refractivity contribution in [1.82, 2.24) is 24.8 Å². The molecule has 0 unspecified atom stereocenters. The van der Waals surface area contributed by atoms with Crippen molar-refractivity contribution in [3.8, 4) is 0 Å². The number of carbonyl (C=O) groups is 1. The van der Waals surface area contributed by atoms with E-state index in [4.69, 9.17) is 4.98 Å². The third kappa shape index (κ3) is 4.20. The monoisotopic (exact) mass is 447 g/mol. The minimum atomic E-state index is -0.263. The molecule has 0 spiro atoms. The van der Waals surface area contributed by atoms with Crippen LogP contribution < -0.4 is 21.1 Å². The van der Waals surface area contributed by atoms with Gasteiger partial charge in [-0.2, -0.15) is 4.98 Å². The van der Waals surface area contributed by atoms with Crippen LogP contribution in [0.3, 0.4) is 0 Å². The van der Waals surface area contributed by atoms with Gasteiger partial charge in [0.1, 0.15) is 11.5 Å². The Morgan fingerprint density at radius 3 is 2.61 bits per heavy atom. The average Bonchev–Trinajstić information content (AvgIpc) is 3.33. The van der Waals surface area contributed by atoms with Gasteiger partial charge in [-0.05, 0) is 44.9 Å². The van der Waals surface area contributed by atoms with E-state index in [0.717, 1.165) is 63.2 Å². The summed E-state index contributed by atoms with van der Waals surface area (Å²) >= 11 is 0. The molecule has 3 aromatic heterocycles. The van der Waals surface area contributed by atoms with E-state index in [2.05, 4.69) is 31.6 Å². The number of hydrogen-bond donors (Lipinski definition) is 2. The zero-order chi connectivity index (χ0) is 22.9. The van der Waals surface area contributed by atoms with Crippen LogP contribution in [0.2, 0.25) is 0 Å². The molecule has 9 heteroatoms. The summed E-state index contributed by atoms with van der Waals surface area (Å²) in [6.45, 7) is 7.30. The van der Waals surface area contributed by atoms with Crippen LogP contribution in [-0.4, -0.2) is 51.5 Å². The zero-order valence-corrected chi connectivity index (χ0v) is 19.1. The largest absolute Gasteiger partial charge is 0.368 e. The molecular weight excluding hydrogens is 418 g/mol. The van der Waals surface area contributed by atoms with E-state index < -0.39 is 0 Å². The Morgan fingerprint density at radius 1 is 1.15 bits per heavy atom. The van der Waals surface area contributed by atoms with E-state index in [1.54, 1.807) is 16.8 Å². The van der Waals surface area contributed by atoms with Crippen LogP contribution in [-0.2, 0) is 0 Å². The summed E-state index contributed by atoms with van der Waals surface area (Å²) in [6, 6.07) is 5.67. The molecule has 9 nitrogen and oxygen atoms in total. The maximum atomic E-state index is 13.2. The maximum Gasteiger partial charge on any atom is 0.263 e. The smallest absolute Gasteiger partial charge is 0.263 e. The fraction of sp³-hybridized carbons (Fsp3) is 0.458. The Kier molecular flexibility index (Phi) is 5.80. The Labute approximate surface area is 192 Å². The van der Waals surface area contributed by atoms with Crippen molar-refractivity contribution < 1.29 is 4.79 Å². The SMILES string of the molecule is CC(=O)c1cc2cnc(Nc3ccc(N4CCNCC4)c(C)n3)nc2n(C2CCCC2)c1=O. The number of pyridine rings is 2. The fourth-order valence-corrected chi connectivity index (χ4v) is 4.91. The van der Waals surface area contributed by atoms with Gasteiger partial charge in [0.25, 0.3) is 5.56 Å². The molecule has 0 amide bonds. The van der Waals surface area contributed by atoms with Gasteiger partial charge >= 0.3 is 0 Å². The van der Waals surface area contributed by atoms with Crippen molar-refractivity contribution in [2.75, 3.05) is 36.4 Å². The molecule has 0 atom stereocenters. The molecule has 33 heavy (non-hydrogen) atoms. The molecule has 1 aliphatic heterocycles. The molecule has 1 aliphatic carbocycles. The number of anilines is 3. The van der Waals surface area contributed by atoms with Gasteiger partial charge in [-0.3, -0.25) is 14.2 Å². The quantitative estimate of drug-likeness (QED) is 0.575. The van der Waals surface area contributed by atoms with Crippen molar-refractivity contribution in [1.29, 1.82) is 0 Å². The van der Waals surface area contributed by atoms with Crippen LogP contribution in [0.5, 0.6) is 0 Å². The van der Waals surface area contributed by atoms with Crippen LogP contribution >= 0.6 is 0 Å². The van der Waals surface area contributed by atoms with Gasteiger partial charge in [0.15, 0.2) is 5.78 Å². The number of rotatable bonds is 5. The maximum absolute atomic E-state index is 13.2. The highest BCUT2D eigenvalue weighted by Gasteiger charge is 2.24. The topological polar surface area (TPSA) is 105 Å². The van der Waals surface area contributed by atoms with E-state index >= 15 is 0 Å². The second-order valence-electron chi connectivity index (χ2n) is 8.86. The molecule has 5 rings (SSSR count). The Morgan fingerprint density at radius 2 is 1.91 bits per heavy atom. The van der Waals surface area contributed by atoms with Crippen molar-refractivity contribution in [3.63, 3.8) is 0 Å².